The molecular formula is C32H38FN3O4S. The van der Waals surface area contributed by atoms with Gasteiger partial charge in [-0.15, -0.1) is 0 Å². The van der Waals surface area contributed by atoms with Gasteiger partial charge >= 0.3 is 5.97 Å². The van der Waals surface area contributed by atoms with Crippen LogP contribution in [0.15, 0.2) is 16.7 Å². The minimum Gasteiger partial charge on any atom is -0.478 e. The Bertz CT molecular complexity index is 1510. The SMILES string of the molecule is C[C@@H]1C(c2noc(C3CC3)c2COC2CC3CC[C@@H](C2)N3c2nc3c(F)cc(C(=O)O)cc3s2)C[C@@H]2C[C@H]1C2(C)C. The van der Waals surface area contributed by atoms with Crippen molar-refractivity contribution in [2.75, 3.05) is 4.90 Å². The number of piperidine rings is 1. The molecule has 2 aromatic heterocycles. The first-order valence-electron chi connectivity index (χ1n) is 15.4. The highest BCUT2D eigenvalue weighted by Crippen LogP contribution is 2.65. The van der Waals surface area contributed by atoms with E-state index in [1.165, 1.54) is 54.3 Å². The molecule has 7 nitrogen and oxygen atoms in total. The Labute approximate surface area is 243 Å². The molecule has 1 N–H and O–H groups in total. The lowest BCUT2D eigenvalue weighted by Crippen LogP contribution is -2.54. The highest BCUT2D eigenvalue weighted by atomic mass is 32.1. The molecule has 3 aromatic rings. The monoisotopic (exact) mass is 579 g/mol. The van der Waals surface area contributed by atoms with Crippen LogP contribution in [-0.2, 0) is 11.3 Å². The van der Waals surface area contributed by atoms with Gasteiger partial charge in [0.25, 0.3) is 0 Å². The van der Waals surface area contributed by atoms with Gasteiger partial charge in [0.2, 0.25) is 0 Å². The van der Waals surface area contributed by atoms with Gasteiger partial charge in [0.1, 0.15) is 11.3 Å². The number of ether oxygens (including phenoxy) is 1. The van der Waals surface area contributed by atoms with E-state index in [9.17, 15) is 14.3 Å². The molecule has 4 bridgehead atoms. The van der Waals surface area contributed by atoms with Gasteiger partial charge in [-0.05, 0) is 86.7 Å². The molecule has 9 rings (SSSR count). The van der Waals surface area contributed by atoms with Gasteiger partial charge in [0.05, 0.1) is 28.7 Å². The third-order valence-corrected chi connectivity index (χ3v) is 12.6. The average molecular weight is 580 g/mol. The van der Waals surface area contributed by atoms with E-state index in [1.807, 2.05) is 0 Å². The second-order valence-electron chi connectivity index (χ2n) is 14.0. The molecule has 1 aromatic carbocycles. The van der Waals surface area contributed by atoms with Gasteiger partial charge in [-0.2, -0.15) is 0 Å². The fourth-order valence-electron chi connectivity index (χ4n) is 8.94. The number of halogens is 1. The zero-order valence-electron chi connectivity index (χ0n) is 23.9. The molecule has 2 saturated heterocycles. The van der Waals surface area contributed by atoms with Crippen molar-refractivity contribution in [1.29, 1.82) is 0 Å². The Balaban J connectivity index is 0.993. The Morgan fingerprint density at radius 3 is 2.59 bits per heavy atom. The van der Waals surface area contributed by atoms with E-state index in [0.717, 1.165) is 54.5 Å². The molecule has 4 heterocycles. The zero-order chi connectivity index (χ0) is 28.2. The molecule has 0 spiro atoms. The molecule has 3 unspecified atom stereocenters. The molecule has 4 saturated carbocycles. The van der Waals surface area contributed by atoms with E-state index in [0.29, 0.717) is 46.6 Å². The smallest absolute Gasteiger partial charge is 0.335 e. The molecule has 9 heteroatoms. The molecule has 0 radical (unpaired) electrons. The van der Waals surface area contributed by atoms with E-state index in [-0.39, 0.29) is 17.2 Å². The van der Waals surface area contributed by atoms with Gasteiger partial charge in [-0.25, -0.2) is 14.2 Å². The predicted octanol–water partition coefficient (Wildman–Crippen LogP) is 7.50. The largest absolute Gasteiger partial charge is 0.478 e. The van der Waals surface area contributed by atoms with Crippen LogP contribution < -0.4 is 4.90 Å². The van der Waals surface area contributed by atoms with E-state index >= 15 is 0 Å². The predicted molar refractivity (Wildman–Crippen MR) is 154 cm³/mol. The normalized spacial score (nSPS) is 33.8. The number of nitrogens with zero attached hydrogens (tertiary/aromatic N) is 3. The number of anilines is 1. The van der Waals surface area contributed by atoms with Gasteiger partial charge in [0.15, 0.2) is 10.9 Å². The van der Waals surface area contributed by atoms with Crippen molar-refractivity contribution in [2.24, 2.45) is 23.2 Å². The first kappa shape index (κ1) is 26.1. The van der Waals surface area contributed by atoms with Crippen LogP contribution in [0.25, 0.3) is 10.2 Å². The number of fused-ring (bicyclic) bond motifs is 5. The third kappa shape index (κ3) is 4.08. The molecule has 6 aliphatic rings. The van der Waals surface area contributed by atoms with E-state index in [2.05, 4.69) is 30.7 Å². The number of benzene rings is 1. The molecule has 7 atom stereocenters. The van der Waals surface area contributed by atoms with Gasteiger partial charge in [-0.1, -0.05) is 37.3 Å². The highest BCUT2D eigenvalue weighted by Gasteiger charge is 2.57. The van der Waals surface area contributed by atoms with Crippen molar-refractivity contribution in [3.05, 3.63) is 40.5 Å². The number of aromatic nitrogens is 2. The first-order chi connectivity index (χ1) is 19.7. The first-order valence-corrected chi connectivity index (χ1v) is 16.2. The Kier molecular flexibility index (Phi) is 5.89. The van der Waals surface area contributed by atoms with Crippen molar-refractivity contribution in [2.45, 2.75) is 109 Å². The topological polar surface area (TPSA) is 88.7 Å². The lowest BCUT2D eigenvalue weighted by Gasteiger charge is -2.62. The van der Waals surface area contributed by atoms with E-state index < -0.39 is 11.8 Å². The summed E-state index contributed by atoms with van der Waals surface area (Å²) >= 11 is 1.39. The van der Waals surface area contributed by atoms with E-state index in [1.54, 1.807) is 0 Å². The number of carbonyl (C=O) groups is 1. The summed E-state index contributed by atoms with van der Waals surface area (Å²) in [5.74, 6) is 2.47. The Hall–Kier alpha value is -2.52. The third-order valence-electron chi connectivity index (χ3n) is 11.6. The summed E-state index contributed by atoms with van der Waals surface area (Å²) in [7, 11) is 0. The summed E-state index contributed by atoms with van der Waals surface area (Å²) in [5, 5.41) is 14.8. The highest BCUT2D eigenvalue weighted by molar-refractivity contribution is 7.22. The standard InChI is InChI=1S/C32H38FN3O4S/c1-15-22(10-18-11-24(15)32(18,2)3)27-23(29(40-35-27)16-4-5-16)14-39-21-12-19-6-7-20(13-21)36(19)31-34-28-25(33)8-17(30(37)38)9-26(28)41-31/h8-9,15-16,18-22,24H,4-7,10-14H2,1-3H3,(H,37,38)/t15-,18-,19+,20?,21?,22?,24-/m1/s1. The summed E-state index contributed by atoms with van der Waals surface area (Å²) in [6, 6.07) is 3.18. The maximum absolute atomic E-state index is 14.7. The fraction of sp³-hybridized carbons (Fsp3) is 0.656. The number of aromatic carboxylic acids is 1. The van der Waals surface area contributed by atoms with Crippen molar-refractivity contribution in [3.8, 4) is 0 Å². The molecule has 218 valence electrons. The maximum Gasteiger partial charge on any atom is 0.335 e. The number of thiazole rings is 1. The Morgan fingerprint density at radius 1 is 1.17 bits per heavy atom. The Morgan fingerprint density at radius 2 is 1.93 bits per heavy atom. The lowest BCUT2D eigenvalue weighted by atomic mass is 9.43. The summed E-state index contributed by atoms with van der Waals surface area (Å²) in [6.45, 7) is 7.88. The van der Waals surface area contributed by atoms with Crippen LogP contribution in [0.5, 0.6) is 0 Å². The van der Waals surface area contributed by atoms with Crippen molar-refractivity contribution >= 4 is 32.7 Å². The number of hydrogen-bond donors (Lipinski definition) is 1. The minimum absolute atomic E-state index is 0.0395. The zero-order valence-corrected chi connectivity index (χ0v) is 24.8. The minimum atomic E-state index is -1.13. The maximum atomic E-state index is 14.7. The van der Waals surface area contributed by atoms with Crippen molar-refractivity contribution in [1.82, 2.24) is 10.1 Å². The molecule has 41 heavy (non-hydrogen) atoms. The number of carboxylic acid groups (broad SMARTS) is 1. The van der Waals surface area contributed by atoms with Crippen LogP contribution in [0.4, 0.5) is 9.52 Å². The molecule has 6 fully saturated rings. The number of rotatable bonds is 7. The molecule has 4 aliphatic carbocycles. The van der Waals surface area contributed by atoms with Crippen LogP contribution in [0.3, 0.4) is 0 Å². The van der Waals surface area contributed by atoms with Crippen LogP contribution in [0, 0.1) is 29.0 Å². The summed E-state index contributed by atoms with van der Waals surface area (Å²) in [5.41, 5.74) is 3.06. The van der Waals surface area contributed by atoms with Crippen LogP contribution in [0.2, 0.25) is 0 Å². The van der Waals surface area contributed by atoms with Gasteiger partial charge in [-0.3, -0.25) is 0 Å². The van der Waals surface area contributed by atoms with Crippen LogP contribution in [-0.4, -0.2) is 39.4 Å². The number of carboxylic acids is 1. The van der Waals surface area contributed by atoms with E-state index in [4.69, 9.17) is 14.4 Å². The molecule has 2 aliphatic heterocycles. The number of hydrogen-bond acceptors (Lipinski definition) is 7. The van der Waals surface area contributed by atoms with Gasteiger partial charge in [0, 0.05) is 29.5 Å². The van der Waals surface area contributed by atoms with Crippen molar-refractivity contribution < 1.29 is 23.6 Å². The van der Waals surface area contributed by atoms with Crippen LogP contribution >= 0.6 is 11.3 Å². The lowest BCUT2D eigenvalue weighted by molar-refractivity contribution is -0.111. The molecule has 0 amide bonds. The summed E-state index contributed by atoms with van der Waals surface area (Å²) < 4.78 is 28.0. The summed E-state index contributed by atoms with van der Waals surface area (Å²) in [6.07, 6.45) is 9.01. The summed E-state index contributed by atoms with van der Waals surface area (Å²) in [4.78, 5) is 18.4. The van der Waals surface area contributed by atoms with Crippen LogP contribution in [0.1, 0.15) is 111 Å². The second kappa shape index (κ2) is 9.24. The second-order valence-corrected chi connectivity index (χ2v) is 15.1. The fourth-order valence-corrected chi connectivity index (χ4v) is 10.1. The van der Waals surface area contributed by atoms with Crippen molar-refractivity contribution in [3.63, 3.8) is 0 Å². The molecular weight excluding hydrogens is 541 g/mol. The quantitative estimate of drug-likeness (QED) is 0.310. The van der Waals surface area contributed by atoms with Gasteiger partial charge < -0.3 is 19.3 Å². The average Bonchev–Trinajstić information content (AvgIpc) is 3.45.